The fourth-order valence-electron chi connectivity index (χ4n) is 13.3. The zero-order valence-corrected chi connectivity index (χ0v) is 71.2. The van der Waals surface area contributed by atoms with Crippen molar-refractivity contribution >= 4 is 39.5 Å². The molecular formula is C86H168O17P2. The van der Waals surface area contributed by atoms with Crippen LogP contribution >= 0.6 is 15.6 Å². The lowest BCUT2D eigenvalue weighted by Gasteiger charge is -2.21. The van der Waals surface area contributed by atoms with Gasteiger partial charge in [-0.25, -0.2) is 9.13 Å². The van der Waals surface area contributed by atoms with E-state index in [9.17, 15) is 43.2 Å². The van der Waals surface area contributed by atoms with E-state index in [-0.39, 0.29) is 25.7 Å². The van der Waals surface area contributed by atoms with E-state index in [4.69, 9.17) is 37.0 Å². The highest BCUT2D eigenvalue weighted by atomic mass is 31.2. The number of unbranched alkanes of at least 4 members (excludes halogenated alkanes) is 47. The van der Waals surface area contributed by atoms with Crippen molar-refractivity contribution in [2.24, 2.45) is 23.7 Å². The third kappa shape index (κ3) is 77.2. The minimum atomic E-state index is -4.96. The second kappa shape index (κ2) is 74.8. The maximum Gasteiger partial charge on any atom is 0.472 e. The molecule has 0 rings (SSSR count). The molecule has 0 bridgehead atoms. The topological polar surface area (TPSA) is 237 Å². The standard InChI is InChI=1S/C86H168O17P2/c1-9-78(7)64-56-48-40-32-28-24-20-16-12-14-18-22-26-30-34-44-53-61-69-86(91)103-82(73-97-84(89)67-59-51-45-37-39-47-55-63-77(5)6)75-101-105(94,95)99-71-80(87)70-98-104(92,93)100-74-81(72-96-83(88)66-58-50-42-36-35-41-49-57-65-79(8)10-2)102-85(90)68-60-52-43-33-29-25-21-17-13-11-15-19-23-27-31-38-46-54-62-76(3)4/h76-82,87H,9-75H2,1-8H3,(H,92,93)(H,94,95)/t78?,79?,80?,81-,82-/m1/s1. The van der Waals surface area contributed by atoms with Gasteiger partial charge in [0.25, 0.3) is 0 Å². The van der Waals surface area contributed by atoms with E-state index in [1.54, 1.807) is 0 Å². The first-order valence-corrected chi connectivity index (χ1v) is 47.3. The van der Waals surface area contributed by atoms with Gasteiger partial charge in [0.05, 0.1) is 26.4 Å². The van der Waals surface area contributed by atoms with Gasteiger partial charge in [-0.05, 0) is 49.4 Å². The van der Waals surface area contributed by atoms with Gasteiger partial charge in [-0.3, -0.25) is 37.3 Å². The van der Waals surface area contributed by atoms with Crippen LogP contribution in [0.25, 0.3) is 0 Å². The Bertz CT molecular complexity index is 2050. The Kier molecular flexibility index (Phi) is 73.4. The first-order chi connectivity index (χ1) is 50.7. The van der Waals surface area contributed by atoms with Gasteiger partial charge in [-0.15, -0.1) is 0 Å². The Morgan fingerprint density at radius 1 is 0.267 bits per heavy atom. The molecule has 19 heteroatoms. The van der Waals surface area contributed by atoms with Gasteiger partial charge in [-0.1, -0.05) is 396 Å². The lowest BCUT2D eigenvalue weighted by molar-refractivity contribution is -0.161. The van der Waals surface area contributed by atoms with Crippen LogP contribution < -0.4 is 0 Å². The van der Waals surface area contributed by atoms with Gasteiger partial charge < -0.3 is 33.8 Å². The van der Waals surface area contributed by atoms with E-state index in [0.29, 0.717) is 31.6 Å². The fraction of sp³-hybridized carbons (Fsp3) is 0.953. The third-order valence-electron chi connectivity index (χ3n) is 20.8. The molecule has 105 heavy (non-hydrogen) atoms. The monoisotopic (exact) mass is 1540 g/mol. The maximum absolute atomic E-state index is 13.1. The van der Waals surface area contributed by atoms with Crippen molar-refractivity contribution in [1.29, 1.82) is 0 Å². The summed E-state index contributed by atoms with van der Waals surface area (Å²) in [6, 6.07) is 0. The van der Waals surface area contributed by atoms with Crippen LogP contribution in [0.5, 0.6) is 0 Å². The number of ether oxygens (including phenoxy) is 4. The summed E-state index contributed by atoms with van der Waals surface area (Å²) < 4.78 is 68.8. The lowest BCUT2D eigenvalue weighted by atomic mass is 9.99. The molecule has 0 saturated carbocycles. The Labute approximate surface area is 645 Å². The van der Waals surface area contributed by atoms with Gasteiger partial charge in [0.2, 0.25) is 0 Å². The smallest absolute Gasteiger partial charge is 0.462 e. The average molecular weight is 1540 g/mol. The Balaban J connectivity index is 5.17. The zero-order valence-electron chi connectivity index (χ0n) is 69.4. The summed E-state index contributed by atoms with van der Waals surface area (Å²) in [5.74, 6) is 1.06. The number of phosphoric acid groups is 2. The molecule has 5 unspecified atom stereocenters. The number of aliphatic hydroxyl groups excluding tert-OH is 1. The van der Waals surface area contributed by atoms with E-state index in [1.807, 2.05) is 0 Å². The van der Waals surface area contributed by atoms with Crippen LogP contribution in [0.3, 0.4) is 0 Å². The van der Waals surface area contributed by atoms with Crippen molar-refractivity contribution in [3.63, 3.8) is 0 Å². The third-order valence-corrected chi connectivity index (χ3v) is 22.7. The number of carbonyl (C=O) groups excluding carboxylic acids is 4. The van der Waals surface area contributed by atoms with Crippen LogP contribution in [-0.4, -0.2) is 96.7 Å². The Hall–Kier alpha value is -1.94. The highest BCUT2D eigenvalue weighted by Gasteiger charge is 2.31. The summed E-state index contributed by atoms with van der Waals surface area (Å²) in [4.78, 5) is 73.1. The second-order valence-corrected chi connectivity index (χ2v) is 35.3. The number of rotatable bonds is 83. The molecule has 0 aliphatic rings. The molecule has 0 amide bonds. The zero-order chi connectivity index (χ0) is 77.4. The molecule has 0 spiro atoms. The van der Waals surface area contributed by atoms with Crippen LogP contribution in [0.2, 0.25) is 0 Å². The Morgan fingerprint density at radius 3 is 0.676 bits per heavy atom. The quantitative estimate of drug-likeness (QED) is 0.0222. The lowest BCUT2D eigenvalue weighted by Crippen LogP contribution is -2.30. The largest absolute Gasteiger partial charge is 0.472 e. The maximum atomic E-state index is 13.1. The van der Waals surface area contributed by atoms with Crippen LogP contribution in [-0.2, 0) is 65.4 Å². The summed E-state index contributed by atoms with van der Waals surface area (Å²) >= 11 is 0. The van der Waals surface area contributed by atoms with Gasteiger partial charge in [0.15, 0.2) is 12.2 Å². The van der Waals surface area contributed by atoms with Gasteiger partial charge in [0.1, 0.15) is 19.3 Å². The molecule has 0 aromatic rings. The molecule has 0 aromatic carbocycles. The van der Waals surface area contributed by atoms with Crippen molar-refractivity contribution in [3.05, 3.63) is 0 Å². The number of hydrogen-bond acceptors (Lipinski definition) is 15. The van der Waals surface area contributed by atoms with E-state index < -0.39 is 97.5 Å². The molecule has 0 radical (unpaired) electrons. The molecule has 3 N–H and O–H groups in total. The molecule has 624 valence electrons. The molecule has 0 fully saturated rings. The van der Waals surface area contributed by atoms with Crippen molar-refractivity contribution < 1.29 is 80.2 Å². The van der Waals surface area contributed by atoms with Crippen molar-refractivity contribution in [2.75, 3.05) is 39.6 Å². The van der Waals surface area contributed by atoms with E-state index in [1.165, 1.54) is 244 Å². The summed E-state index contributed by atoms with van der Waals surface area (Å²) in [6.07, 6.45) is 64.0. The van der Waals surface area contributed by atoms with Crippen LogP contribution in [0.15, 0.2) is 0 Å². The fourth-order valence-corrected chi connectivity index (χ4v) is 14.8. The van der Waals surface area contributed by atoms with Crippen molar-refractivity contribution in [2.45, 2.75) is 465 Å². The second-order valence-electron chi connectivity index (χ2n) is 32.4. The van der Waals surface area contributed by atoms with E-state index >= 15 is 0 Å². The number of hydrogen-bond donors (Lipinski definition) is 3. The molecule has 17 nitrogen and oxygen atoms in total. The predicted octanol–water partition coefficient (Wildman–Crippen LogP) is 25.9. The van der Waals surface area contributed by atoms with Gasteiger partial charge in [0, 0.05) is 25.7 Å². The van der Waals surface area contributed by atoms with E-state index in [2.05, 4.69) is 55.4 Å². The van der Waals surface area contributed by atoms with E-state index in [0.717, 1.165) is 114 Å². The normalized spacial score (nSPS) is 14.4. The minimum Gasteiger partial charge on any atom is -0.462 e. The summed E-state index contributed by atoms with van der Waals surface area (Å²) in [6.45, 7) is 14.3. The average Bonchev–Trinajstić information content (AvgIpc) is 0.908. The number of carbonyl (C=O) groups is 4. The Morgan fingerprint density at radius 2 is 0.457 bits per heavy atom. The molecule has 7 atom stereocenters. The van der Waals surface area contributed by atoms with Crippen LogP contribution in [0.1, 0.15) is 447 Å². The molecule has 0 aliphatic heterocycles. The highest BCUT2D eigenvalue weighted by Crippen LogP contribution is 2.45. The van der Waals surface area contributed by atoms with Crippen LogP contribution in [0.4, 0.5) is 0 Å². The number of phosphoric ester groups is 2. The summed E-state index contributed by atoms with van der Waals surface area (Å²) in [5.41, 5.74) is 0. The molecule has 0 aromatic heterocycles. The first kappa shape index (κ1) is 103. The summed E-state index contributed by atoms with van der Waals surface area (Å²) in [7, 11) is -9.93. The number of esters is 4. The predicted molar refractivity (Wildman–Crippen MR) is 432 cm³/mol. The molecular weight excluding hydrogens is 1370 g/mol. The van der Waals surface area contributed by atoms with Gasteiger partial charge >= 0.3 is 39.5 Å². The first-order valence-electron chi connectivity index (χ1n) is 44.3. The summed E-state index contributed by atoms with van der Waals surface area (Å²) in [5, 5.41) is 10.7. The minimum absolute atomic E-state index is 0.107. The van der Waals surface area contributed by atoms with Gasteiger partial charge in [-0.2, -0.15) is 0 Å². The van der Waals surface area contributed by atoms with Crippen LogP contribution in [0, 0.1) is 23.7 Å². The molecule has 0 saturated heterocycles. The van der Waals surface area contributed by atoms with Crippen molar-refractivity contribution in [3.8, 4) is 0 Å². The molecule has 0 heterocycles. The number of aliphatic hydroxyl groups is 1. The molecule has 0 aliphatic carbocycles. The highest BCUT2D eigenvalue weighted by molar-refractivity contribution is 7.47. The SMILES string of the molecule is CCC(C)CCCCCCCCCCCCCCCCCCCCC(=O)O[C@H](COC(=O)CCCCCCCCCC(C)C)COP(=O)(O)OCC(O)COP(=O)(O)OC[C@@H](COC(=O)CCCCCCCCCCC(C)CC)OC(=O)CCCCCCCCCCCCCCCCCCCCC(C)C. The van der Waals surface area contributed by atoms with Crippen molar-refractivity contribution in [1.82, 2.24) is 0 Å².